The zero-order valence-electron chi connectivity index (χ0n) is 11.2. The van der Waals surface area contributed by atoms with Crippen LogP contribution in [0.2, 0.25) is 0 Å². The van der Waals surface area contributed by atoms with Gasteiger partial charge in [-0.25, -0.2) is 0 Å². The van der Waals surface area contributed by atoms with Gasteiger partial charge < -0.3 is 5.11 Å². The number of rotatable bonds is 5. The van der Waals surface area contributed by atoms with Crippen molar-refractivity contribution in [2.45, 2.75) is 44.7 Å². The second kappa shape index (κ2) is 6.06. The van der Waals surface area contributed by atoms with E-state index < -0.39 is 11.5 Å². The molecular weight excluding hydrogens is 306 g/mol. The molecule has 1 atom stereocenters. The fourth-order valence-corrected chi connectivity index (χ4v) is 3.51. The lowest BCUT2D eigenvalue weighted by Gasteiger charge is -2.34. The summed E-state index contributed by atoms with van der Waals surface area (Å²) in [6.07, 6.45) is 3.38. The zero-order valence-corrected chi connectivity index (χ0v) is 12.8. The normalized spacial score (nSPS) is 23.7. The van der Waals surface area contributed by atoms with Crippen LogP contribution in [0.25, 0.3) is 0 Å². The van der Waals surface area contributed by atoms with Gasteiger partial charge >= 0.3 is 5.97 Å². The minimum Gasteiger partial charge on any atom is -0.480 e. The van der Waals surface area contributed by atoms with E-state index in [4.69, 9.17) is 0 Å². The number of hydrogen-bond donors (Lipinski definition) is 1. The Balaban J connectivity index is 2.20. The molecule has 0 aliphatic carbocycles. The first-order valence-electron chi connectivity index (χ1n) is 6.81. The monoisotopic (exact) mass is 325 g/mol. The maximum absolute atomic E-state index is 11.7. The van der Waals surface area contributed by atoms with Crippen LogP contribution in [-0.4, -0.2) is 28.1 Å². The van der Waals surface area contributed by atoms with Crippen molar-refractivity contribution in [2.75, 3.05) is 6.54 Å². The maximum Gasteiger partial charge on any atom is 0.324 e. The van der Waals surface area contributed by atoms with Crippen LogP contribution in [0.4, 0.5) is 0 Å². The second-order valence-corrected chi connectivity index (χ2v) is 6.16. The van der Waals surface area contributed by atoms with Crippen LogP contribution in [-0.2, 0) is 11.3 Å². The molecule has 0 spiro atoms. The van der Waals surface area contributed by atoms with Gasteiger partial charge in [-0.1, -0.05) is 41.4 Å². The average Bonchev–Trinajstić information content (AvgIpc) is 2.74. The van der Waals surface area contributed by atoms with Gasteiger partial charge in [0.05, 0.1) is 0 Å². The number of nitrogens with zero attached hydrogens (tertiary/aromatic N) is 1. The van der Waals surface area contributed by atoms with Crippen LogP contribution in [0.1, 0.15) is 38.2 Å². The highest BCUT2D eigenvalue weighted by Crippen LogP contribution is 2.35. The van der Waals surface area contributed by atoms with E-state index in [0.29, 0.717) is 6.54 Å². The van der Waals surface area contributed by atoms with Crippen molar-refractivity contribution in [3.05, 3.63) is 34.3 Å². The lowest BCUT2D eigenvalue weighted by atomic mass is 9.90. The smallest absolute Gasteiger partial charge is 0.324 e. The lowest BCUT2D eigenvalue weighted by Crippen LogP contribution is -2.49. The van der Waals surface area contributed by atoms with Crippen molar-refractivity contribution in [3.8, 4) is 0 Å². The summed E-state index contributed by atoms with van der Waals surface area (Å²) in [5.41, 5.74) is 0.509. The van der Waals surface area contributed by atoms with E-state index in [0.717, 1.165) is 42.3 Å². The van der Waals surface area contributed by atoms with Crippen LogP contribution in [0.5, 0.6) is 0 Å². The third-order valence-corrected chi connectivity index (χ3v) is 4.44. The van der Waals surface area contributed by atoms with Crippen LogP contribution in [0.3, 0.4) is 0 Å². The summed E-state index contributed by atoms with van der Waals surface area (Å²) in [6.45, 7) is 3.64. The molecule has 104 valence electrons. The third-order valence-electron chi connectivity index (χ3n) is 3.95. The van der Waals surface area contributed by atoms with Crippen molar-refractivity contribution in [2.24, 2.45) is 0 Å². The Labute approximate surface area is 122 Å². The molecule has 1 saturated heterocycles. The third kappa shape index (κ3) is 3.00. The van der Waals surface area contributed by atoms with E-state index in [1.54, 1.807) is 0 Å². The zero-order chi connectivity index (χ0) is 13.9. The van der Waals surface area contributed by atoms with Crippen LogP contribution in [0.15, 0.2) is 28.7 Å². The maximum atomic E-state index is 11.7. The van der Waals surface area contributed by atoms with Gasteiger partial charge in [-0.3, -0.25) is 9.69 Å². The highest BCUT2D eigenvalue weighted by molar-refractivity contribution is 9.10. The summed E-state index contributed by atoms with van der Waals surface area (Å²) in [4.78, 5) is 13.9. The van der Waals surface area contributed by atoms with E-state index in [-0.39, 0.29) is 0 Å². The number of benzene rings is 1. The highest BCUT2D eigenvalue weighted by atomic mass is 79.9. The number of aliphatic carboxylic acids is 1. The van der Waals surface area contributed by atoms with Crippen molar-refractivity contribution < 1.29 is 9.90 Å². The van der Waals surface area contributed by atoms with Gasteiger partial charge in [0.15, 0.2) is 0 Å². The van der Waals surface area contributed by atoms with Gasteiger partial charge in [0.1, 0.15) is 5.54 Å². The number of carbonyl (C=O) groups is 1. The summed E-state index contributed by atoms with van der Waals surface area (Å²) in [6, 6.07) is 8.11. The molecule has 0 bridgehead atoms. The largest absolute Gasteiger partial charge is 0.480 e. The highest BCUT2D eigenvalue weighted by Gasteiger charge is 2.46. The summed E-state index contributed by atoms with van der Waals surface area (Å²) in [5, 5.41) is 9.65. The van der Waals surface area contributed by atoms with Gasteiger partial charge in [-0.15, -0.1) is 0 Å². The van der Waals surface area contributed by atoms with Gasteiger partial charge in [0, 0.05) is 11.0 Å². The molecule has 3 nitrogen and oxygen atoms in total. The van der Waals surface area contributed by atoms with E-state index in [2.05, 4.69) is 39.9 Å². The molecule has 1 aliphatic heterocycles. The first-order valence-corrected chi connectivity index (χ1v) is 7.60. The molecule has 0 amide bonds. The van der Waals surface area contributed by atoms with Crippen molar-refractivity contribution in [3.63, 3.8) is 0 Å². The number of carboxylic acid groups (broad SMARTS) is 1. The Morgan fingerprint density at radius 1 is 1.53 bits per heavy atom. The Hall–Kier alpha value is -0.870. The minimum atomic E-state index is -0.665. The SMILES string of the molecule is CCCC1(C(=O)O)CCCN1Cc1cccc(Br)c1. The van der Waals surface area contributed by atoms with Crippen molar-refractivity contribution >= 4 is 21.9 Å². The summed E-state index contributed by atoms with van der Waals surface area (Å²) >= 11 is 3.46. The quantitative estimate of drug-likeness (QED) is 0.897. The summed E-state index contributed by atoms with van der Waals surface area (Å²) < 4.78 is 1.04. The van der Waals surface area contributed by atoms with Gasteiger partial charge in [0.25, 0.3) is 0 Å². The van der Waals surface area contributed by atoms with E-state index in [1.165, 1.54) is 0 Å². The number of likely N-dealkylation sites (tertiary alicyclic amines) is 1. The molecule has 1 aromatic carbocycles. The molecule has 0 saturated carbocycles. The minimum absolute atomic E-state index is 0.656. The molecule has 1 fully saturated rings. The molecule has 1 heterocycles. The van der Waals surface area contributed by atoms with Crippen LogP contribution in [0, 0.1) is 0 Å². The molecular formula is C15H20BrNO2. The molecule has 0 aromatic heterocycles. The number of carboxylic acids is 1. The lowest BCUT2D eigenvalue weighted by molar-refractivity contribution is -0.150. The second-order valence-electron chi connectivity index (χ2n) is 5.24. The number of halogens is 1. The molecule has 1 aromatic rings. The number of hydrogen-bond acceptors (Lipinski definition) is 2. The molecule has 1 N–H and O–H groups in total. The fraction of sp³-hybridized carbons (Fsp3) is 0.533. The van der Waals surface area contributed by atoms with E-state index >= 15 is 0 Å². The Kier molecular flexibility index (Phi) is 4.63. The Morgan fingerprint density at radius 2 is 2.32 bits per heavy atom. The predicted octanol–water partition coefficient (Wildman–Crippen LogP) is 3.67. The molecule has 1 aliphatic rings. The molecule has 4 heteroatoms. The van der Waals surface area contributed by atoms with Crippen LogP contribution < -0.4 is 0 Å². The van der Waals surface area contributed by atoms with Crippen molar-refractivity contribution in [1.82, 2.24) is 4.90 Å². The Morgan fingerprint density at radius 3 is 2.95 bits per heavy atom. The van der Waals surface area contributed by atoms with Gasteiger partial charge in [0.2, 0.25) is 0 Å². The van der Waals surface area contributed by atoms with E-state index in [9.17, 15) is 9.90 Å². The molecule has 2 rings (SSSR count). The van der Waals surface area contributed by atoms with Gasteiger partial charge in [-0.05, 0) is 43.5 Å². The summed E-state index contributed by atoms with van der Waals surface area (Å²) in [7, 11) is 0. The first kappa shape index (κ1) is 14.5. The molecule has 19 heavy (non-hydrogen) atoms. The topological polar surface area (TPSA) is 40.5 Å². The molecule has 0 radical (unpaired) electrons. The van der Waals surface area contributed by atoms with Gasteiger partial charge in [-0.2, -0.15) is 0 Å². The predicted molar refractivity (Wildman–Crippen MR) is 79.1 cm³/mol. The first-order chi connectivity index (χ1) is 9.08. The molecule has 1 unspecified atom stereocenters. The summed E-state index contributed by atoms with van der Waals surface area (Å²) in [5.74, 6) is -0.665. The fourth-order valence-electron chi connectivity index (χ4n) is 3.07. The average molecular weight is 326 g/mol. The Bertz CT molecular complexity index is 463. The van der Waals surface area contributed by atoms with Crippen molar-refractivity contribution in [1.29, 1.82) is 0 Å². The van der Waals surface area contributed by atoms with E-state index in [1.807, 2.05) is 12.1 Å². The standard InChI is InChI=1S/C15H20BrNO2/c1-2-7-15(14(18)19)8-4-9-17(15)11-12-5-3-6-13(16)10-12/h3,5-6,10H,2,4,7-9,11H2,1H3,(H,18,19). The van der Waals surface area contributed by atoms with Crippen LogP contribution >= 0.6 is 15.9 Å².